The number of aromatic amines is 1. The predicted octanol–water partition coefficient (Wildman–Crippen LogP) is 4.45. The highest BCUT2D eigenvalue weighted by Gasteiger charge is 2.20. The lowest BCUT2D eigenvalue weighted by Gasteiger charge is -2.21. The molecule has 2 N–H and O–H groups in total. The average molecular weight is 423 g/mol. The maximum atomic E-state index is 13.9. The second-order valence-corrected chi connectivity index (χ2v) is 7.75. The van der Waals surface area contributed by atoms with Crippen molar-refractivity contribution in [2.75, 3.05) is 24.6 Å². The fourth-order valence-electron chi connectivity index (χ4n) is 3.91. The first-order valence-corrected chi connectivity index (χ1v) is 10.7. The number of ether oxygens (including phenoxy) is 1. The molecule has 1 aromatic heterocycles. The van der Waals surface area contributed by atoms with E-state index in [1.165, 1.54) is 12.1 Å². The van der Waals surface area contributed by atoms with Crippen molar-refractivity contribution < 1.29 is 13.9 Å². The molecule has 31 heavy (non-hydrogen) atoms. The zero-order valence-corrected chi connectivity index (χ0v) is 17.9. The molecule has 0 aliphatic carbocycles. The molecule has 3 aromatic rings. The summed E-state index contributed by atoms with van der Waals surface area (Å²) in [5.41, 5.74) is 4.65. The summed E-state index contributed by atoms with van der Waals surface area (Å²) in [4.78, 5) is 15.0. The number of carbonyl (C=O) groups is 1. The Bertz CT molecular complexity index is 1070. The van der Waals surface area contributed by atoms with E-state index >= 15 is 0 Å². The molecular formula is C24H27FN4O2. The Balaban J connectivity index is 1.49. The predicted molar refractivity (Wildman–Crippen MR) is 119 cm³/mol. The molecule has 0 radical (unpaired) electrons. The minimum Gasteiger partial charge on any atom is -0.493 e. The van der Waals surface area contributed by atoms with Crippen LogP contribution in [0.5, 0.6) is 5.75 Å². The van der Waals surface area contributed by atoms with Crippen LogP contribution in [0, 0.1) is 12.7 Å². The number of aromatic nitrogens is 2. The maximum absolute atomic E-state index is 13.9. The number of benzene rings is 2. The van der Waals surface area contributed by atoms with Gasteiger partial charge in [-0.1, -0.05) is 11.6 Å². The lowest BCUT2D eigenvalue weighted by atomic mass is 10.1. The molecule has 6 nitrogen and oxygen atoms in total. The number of H-pyrrole nitrogens is 1. The second kappa shape index (κ2) is 9.20. The summed E-state index contributed by atoms with van der Waals surface area (Å²) in [6.07, 6.45) is 2.16. The van der Waals surface area contributed by atoms with Crippen LogP contribution in [0.1, 0.15) is 41.4 Å². The van der Waals surface area contributed by atoms with Gasteiger partial charge in [0.1, 0.15) is 11.6 Å². The van der Waals surface area contributed by atoms with Gasteiger partial charge in [0, 0.05) is 24.3 Å². The molecule has 0 spiro atoms. The molecule has 1 saturated heterocycles. The molecule has 2 aromatic carbocycles. The van der Waals surface area contributed by atoms with Crippen molar-refractivity contribution >= 4 is 11.6 Å². The molecule has 0 unspecified atom stereocenters. The van der Waals surface area contributed by atoms with Crippen molar-refractivity contribution in [1.29, 1.82) is 0 Å². The molecular weight excluding hydrogens is 395 g/mol. The van der Waals surface area contributed by atoms with Gasteiger partial charge < -0.3 is 15.0 Å². The highest BCUT2D eigenvalue weighted by molar-refractivity contribution is 5.99. The Morgan fingerprint density at radius 2 is 2.00 bits per heavy atom. The zero-order valence-electron chi connectivity index (χ0n) is 17.9. The van der Waals surface area contributed by atoms with E-state index in [9.17, 15) is 9.18 Å². The first kappa shape index (κ1) is 20.9. The third-order valence-electron chi connectivity index (χ3n) is 5.43. The van der Waals surface area contributed by atoms with Crippen LogP contribution in [0.25, 0.3) is 11.3 Å². The van der Waals surface area contributed by atoms with Gasteiger partial charge in [-0.2, -0.15) is 5.10 Å². The molecule has 162 valence electrons. The average Bonchev–Trinajstić information content (AvgIpc) is 3.46. The molecule has 0 saturated carbocycles. The summed E-state index contributed by atoms with van der Waals surface area (Å²) in [6.45, 7) is 6.55. The van der Waals surface area contributed by atoms with Gasteiger partial charge >= 0.3 is 0 Å². The van der Waals surface area contributed by atoms with Gasteiger partial charge in [-0.25, -0.2) is 4.39 Å². The van der Waals surface area contributed by atoms with Crippen molar-refractivity contribution in [3.63, 3.8) is 0 Å². The summed E-state index contributed by atoms with van der Waals surface area (Å²) < 4.78 is 19.6. The van der Waals surface area contributed by atoms with E-state index in [1.54, 1.807) is 6.07 Å². The van der Waals surface area contributed by atoms with Crippen LogP contribution in [0.2, 0.25) is 0 Å². The molecule has 7 heteroatoms. The highest BCUT2D eigenvalue weighted by Crippen LogP contribution is 2.30. The van der Waals surface area contributed by atoms with Crippen LogP contribution < -0.4 is 15.0 Å². The van der Waals surface area contributed by atoms with Gasteiger partial charge in [0.05, 0.1) is 30.1 Å². The summed E-state index contributed by atoms with van der Waals surface area (Å²) in [7, 11) is 0. The molecule has 2 heterocycles. The van der Waals surface area contributed by atoms with Crippen molar-refractivity contribution in [1.82, 2.24) is 15.5 Å². The molecule has 0 bridgehead atoms. The van der Waals surface area contributed by atoms with Gasteiger partial charge in [0.15, 0.2) is 0 Å². The Kier molecular flexibility index (Phi) is 6.21. The van der Waals surface area contributed by atoms with Crippen LogP contribution in [-0.2, 0) is 6.54 Å². The van der Waals surface area contributed by atoms with Crippen molar-refractivity contribution in [3.8, 4) is 17.0 Å². The summed E-state index contributed by atoms with van der Waals surface area (Å²) in [5, 5.41) is 10.3. The standard InChI is InChI=1S/C24H27FN4O2/c1-3-31-23-9-6-16(2)12-19(23)21-14-18(27-28-21)15-26-24(30)20-13-17(25)7-8-22(20)29-10-4-5-11-29/h6-9,12-14H,3-5,10-11,15H2,1-2H3,(H,26,30)(H,27,28). The van der Waals surface area contributed by atoms with E-state index in [2.05, 4.69) is 20.4 Å². The van der Waals surface area contributed by atoms with Crippen LogP contribution in [0.15, 0.2) is 42.5 Å². The number of rotatable bonds is 7. The van der Waals surface area contributed by atoms with Gasteiger partial charge in [0.2, 0.25) is 0 Å². The number of amides is 1. The summed E-state index contributed by atoms with van der Waals surface area (Å²) in [6, 6.07) is 12.3. The molecule has 4 rings (SSSR count). The first-order chi connectivity index (χ1) is 15.0. The highest BCUT2D eigenvalue weighted by atomic mass is 19.1. The van der Waals surface area contributed by atoms with Crippen LogP contribution in [0.4, 0.5) is 10.1 Å². The van der Waals surface area contributed by atoms with Gasteiger partial charge in [0.25, 0.3) is 5.91 Å². The Labute approximate surface area is 181 Å². The van der Waals surface area contributed by atoms with Crippen LogP contribution in [-0.4, -0.2) is 35.8 Å². The Morgan fingerprint density at radius 3 is 2.77 bits per heavy atom. The largest absolute Gasteiger partial charge is 0.493 e. The molecule has 0 atom stereocenters. The SMILES string of the molecule is CCOc1ccc(C)cc1-c1cc(CNC(=O)c2cc(F)ccc2N2CCCC2)[nH]n1. The lowest BCUT2D eigenvalue weighted by molar-refractivity contribution is 0.0950. The normalized spacial score (nSPS) is 13.5. The third kappa shape index (κ3) is 4.71. The number of aryl methyl sites for hydroxylation is 1. The number of hydrogen-bond donors (Lipinski definition) is 2. The quantitative estimate of drug-likeness (QED) is 0.590. The monoisotopic (exact) mass is 422 g/mol. The van der Waals surface area contributed by atoms with Crippen molar-refractivity contribution in [2.24, 2.45) is 0 Å². The number of nitrogens with one attached hydrogen (secondary N) is 2. The Hall–Kier alpha value is -3.35. The fourth-order valence-corrected chi connectivity index (χ4v) is 3.91. The minimum atomic E-state index is -0.417. The number of hydrogen-bond acceptors (Lipinski definition) is 4. The van der Waals surface area contributed by atoms with Crippen LogP contribution >= 0.6 is 0 Å². The molecule has 1 aliphatic rings. The van der Waals surface area contributed by atoms with E-state index in [0.717, 1.165) is 59.9 Å². The van der Waals surface area contributed by atoms with Crippen molar-refractivity contribution in [2.45, 2.75) is 33.2 Å². The molecule has 1 aliphatic heterocycles. The molecule has 1 amide bonds. The maximum Gasteiger partial charge on any atom is 0.253 e. The van der Waals surface area contributed by atoms with Gasteiger partial charge in [-0.3, -0.25) is 9.89 Å². The number of halogens is 1. The summed E-state index contributed by atoms with van der Waals surface area (Å²) in [5.74, 6) is 0.0492. The zero-order chi connectivity index (χ0) is 21.8. The van der Waals surface area contributed by atoms with E-state index in [4.69, 9.17) is 4.74 Å². The fraction of sp³-hybridized carbons (Fsp3) is 0.333. The first-order valence-electron chi connectivity index (χ1n) is 10.7. The van der Waals surface area contributed by atoms with E-state index < -0.39 is 5.82 Å². The van der Waals surface area contributed by atoms with Crippen LogP contribution in [0.3, 0.4) is 0 Å². The topological polar surface area (TPSA) is 70.2 Å². The number of nitrogens with zero attached hydrogens (tertiary/aromatic N) is 2. The Morgan fingerprint density at radius 1 is 1.19 bits per heavy atom. The van der Waals surface area contributed by atoms with Gasteiger partial charge in [-0.05, 0) is 63.1 Å². The van der Waals surface area contributed by atoms with E-state index in [-0.39, 0.29) is 12.5 Å². The van der Waals surface area contributed by atoms with Gasteiger partial charge in [-0.15, -0.1) is 0 Å². The van der Waals surface area contributed by atoms with E-state index in [1.807, 2.05) is 38.1 Å². The number of carbonyl (C=O) groups excluding carboxylic acids is 1. The van der Waals surface area contributed by atoms with E-state index in [0.29, 0.717) is 12.2 Å². The second-order valence-electron chi connectivity index (χ2n) is 7.75. The summed E-state index contributed by atoms with van der Waals surface area (Å²) >= 11 is 0. The van der Waals surface area contributed by atoms with Crippen molar-refractivity contribution in [3.05, 3.63) is 65.1 Å². The number of anilines is 1. The lowest BCUT2D eigenvalue weighted by Crippen LogP contribution is -2.27. The smallest absolute Gasteiger partial charge is 0.253 e. The third-order valence-corrected chi connectivity index (χ3v) is 5.43. The molecule has 1 fully saturated rings. The minimum absolute atomic E-state index is 0.261.